The van der Waals surface area contributed by atoms with Crippen molar-refractivity contribution in [3.63, 3.8) is 0 Å². The Labute approximate surface area is 216 Å². The summed E-state index contributed by atoms with van der Waals surface area (Å²) in [7, 11) is 0. The minimum atomic E-state index is -0.445. The number of ether oxygens (including phenoxy) is 1. The molecule has 7 nitrogen and oxygen atoms in total. The Kier molecular flexibility index (Phi) is 6.72. The van der Waals surface area contributed by atoms with Gasteiger partial charge in [-0.15, -0.1) is 0 Å². The molecule has 0 unspecified atom stereocenters. The lowest BCUT2D eigenvalue weighted by Gasteiger charge is -2.49. The molecule has 4 heterocycles. The van der Waals surface area contributed by atoms with Crippen LogP contribution in [0.3, 0.4) is 0 Å². The molecule has 0 radical (unpaired) electrons. The molecule has 4 aromatic rings. The normalized spacial score (nSPS) is 15.7. The highest BCUT2D eigenvalue weighted by Gasteiger charge is 2.39. The van der Waals surface area contributed by atoms with E-state index in [4.69, 9.17) is 27.9 Å². The Hall–Kier alpha value is -3.01. The van der Waals surface area contributed by atoms with Crippen LogP contribution < -0.4 is 15.0 Å². The smallest absolute Gasteiger partial charge is 0.166 e. The fraction of sp³-hybridized carbons (Fsp3) is 0.320. The molecule has 1 aliphatic heterocycles. The van der Waals surface area contributed by atoms with Gasteiger partial charge in [0.2, 0.25) is 0 Å². The summed E-state index contributed by atoms with van der Waals surface area (Å²) >= 11 is 12.5. The van der Waals surface area contributed by atoms with Crippen LogP contribution in [0.5, 0.6) is 5.75 Å². The minimum Gasteiger partial charge on any atom is -0.486 e. The number of pyridine rings is 2. The predicted octanol–water partition coefficient (Wildman–Crippen LogP) is 5.74. The van der Waals surface area contributed by atoms with Gasteiger partial charge in [-0.2, -0.15) is 5.10 Å². The summed E-state index contributed by atoms with van der Waals surface area (Å²) in [6.45, 7) is 4.76. The zero-order chi connectivity index (χ0) is 25.4. The van der Waals surface area contributed by atoms with Crippen LogP contribution in [-0.4, -0.2) is 52.0 Å². The highest BCUT2D eigenvalue weighted by atomic mass is 35.5. The number of aromatic nitrogens is 4. The molecule has 5 rings (SSSR count). The number of nitrogens with one attached hydrogen (secondary N) is 2. The molecule has 11 heteroatoms. The van der Waals surface area contributed by atoms with Crippen LogP contribution in [0.1, 0.15) is 25.5 Å². The molecule has 36 heavy (non-hydrogen) atoms. The van der Waals surface area contributed by atoms with Crippen LogP contribution in [0, 0.1) is 5.82 Å². The Morgan fingerprint density at radius 2 is 1.94 bits per heavy atom. The third-order valence-electron chi connectivity index (χ3n) is 6.26. The standard InChI is InChI=1S/C25H24Cl2F2N6O/c1-14(22-18(26)10-30-11-19(22)27)36-16-3-4-21-17(8-16)23(34-33-21)15-7-20(29)24(31-9-15)35-12-25(2,13-35)32-6-5-28/h3-4,7-11,14,32H,5-6,12-13H2,1-2H3,(H,33,34)/t14-/m1/s1. The first-order valence-corrected chi connectivity index (χ1v) is 12.2. The number of H-pyrrole nitrogens is 1. The van der Waals surface area contributed by atoms with E-state index in [1.165, 1.54) is 18.5 Å². The number of benzene rings is 1. The second kappa shape index (κ2) is 9.80. The second-order valence-electron chi connectivity index (χ2n) is 9.12. The molecule has 0 saturated carbocycles. The van der Waals surface area contributed by atoms with E-state index < -0.39 is 18.6 Å². The van der Waals surface area contributed by atoms with Crippen molar-refractivity contribution in [1.29, 1.82) is 0 Å². The van der Waals surface area contributed by atoms with Crippen molar-refractivity contribution in [3.05, 3.63) is 64.3 Å². The summed E-state index contributed by atoms with van der Waals surface area (Å²) in [6.07, 6.45) is 4.21. The average Bonchev–Trinajstić information content (AvgIpc) is 3.24. The third kappa shape index (κ3) is 4.70. The Balaban J connectivity index is 1.37. The van der Waals surface area contributed by atoms with Gasteiger partial charge >= 0.3 is 0 Å². The lowest BCUT2D eigenvalue weighted by Crippen LogP contribution is -2.68. The maximum Gasteiger partial charge on any atom is 0.166 e. The molecule has 0 spiro atoms. The lowest BCUT2D eigenvalue weighted by molar-refractivity contribution is 0.227. The van der Waals surface area contributed by atoms with Gasteiger partial charge in [-0.05, 0) is 38.1 Å². The van der Waals surface area contributed by atoms with E-state index in [9.17, 15) is 4.39 Å². The molecule has 1 fully saturated rings. The second-order valence-corrected chi connectivity index (χ2v) is 9.93. The van der Waals surface area contributed by atoms with Gasteiger partial charge in [-0.3, -0.25) is 10.1 Å². The molecular formula is C25H24Cl2F2N6O. The molecule has 188 valence electrons. The molecule has 0 aliphatic carbocycles. The monoisotopic (exact) mass is 532 g/mol. The zero-order valence-electron chi connectivity index (χ0n) is 19.7. The number of hydrogen-bond donors (Lipinski definition) is 2. The molecule has 1 saturated heterocycles. The van der Waals surface area contributed by atoms with Crippen molar-refractivity contribution in [1.82, 2.24) is 25.5 Å². The van der Waals surface area contributed by atoms with E-state index in [1.807, 2.05) is 36.9 Å². The topological polar surface area (TPSA) is 79.0 Å². The van der Waals surface area contributed by atoms with Crippen molar-refractivity contribution < 1.29 is 13.5 Å². The van der Waals surface area contributed by atoms with Crippen LogP contribution in [0.25, 0.3) is 22.2 Å². The van der Waals surface area contributed by atoms with Crippen molar-refractivity contribution in [2.45, 2.75) is 25.5 Å². The molecule has 1 aromatic carbocycles. The first-order valence-electron chi connectivity index (χ1n) is 11.4. The van der Waals surface area contributed by atoms with E-state index in [2.05, 4.69) is 25.5 Å². The third-order valence-corrected chi connectivity index (χ3v) is 6.87. The number of alkyl halides is 1. The number of hydrogen-bond acceptors (Lipinski definition) is 6. The van der Waals surface area contributed by atoms with E-state index in [0.717, 1.165) is 10.9 Å². The average molecular weight is 533 g/mol. The van der Waals surface area contributed by atoms with Gasteiger partial charge in [0.25, 0.3) is 0 Å². The van der Waals surface area contributed by atoms with Gasteiger partial charge < -0.3 is 15.0 Å². The Morgan fingerprint density at radius 1 is 1.19 bits per heavy atom. The quantitative estimate of drug-likeness (QED) is 0.301. The molecule has 0 bridgehead atoms. The van der Waals surface area contributed by atoms with E-state index in [-0.39, 0.29) is 17.9 Å². The van der Waals surface area contributed by atoms with Crippen LogP contribution in [0.2, 0.25) is 10.0 Å². The largest absolute Gasteiger partial charge is 0.486 e. The first-order chi connectivity index (χ1) is 17.3. The summed E-state index contributed by atoms with van der Waals surface area (Å²) in [5.41, 5.74) is 2.25. The summed E-state index contributed by atoms with van der Waals surface area (Å²) in [6, 6.07) is 6.91. The van der Waals surface area contributed by atoms with Gasteiger partial charge in [0.15, 0.2) is 11.6 Å². The molecule has 1 atom stereocenters. The summed E-state index contributed by atoms with van der Waals surface area (Å²) in [5, 5.41) is 12.1. The van der Waals surface area contributed by atoms with Crippen molar-refractivity contribution >= 4 is 39.9 Å². The van der Waals surface area contributed by atoms with Crippen LogP contribution >= 0.6 is 23.2 Å². The SMILES string of the molecule is C[C@@H](Oc1ccc2[nH]nc(-c3cnc(N4CC(C)(NCCF)C4)c(F)c3)c2c1)c1c(Cl)cncc1Cl. The Bertz CT molecular complexity index is 1390. The lowest BCUT2D eigenvalue weighted by atomic mass is 9.92. The molecule has 2 N–H and O–H groups in total. The maximum atomic E-state index is 15.1. The number of fused-ring (bicyclic) bond motifs is 1. The zero-order valence-corrected chi connectivity index (χ0v) is 21.2. The Morgan fingerprint density at radius 3 is 2.64 bits per heavy atom. The van der Waals surface area contributed by atoms with Gasteiger partial charge in [0.1, 0.15) is 24.2 Å². The number of anilines is 1. The van der Waals surface area contributed by atoms with E-state index in [0.29, 0.717) is 45.7 Å². The summed E-state index contributed by atoms with van der Waals surface area (Å²) < 4.78 is 33.6. The minimum absolute atomic E-state index is 0.254. The summed E-state index contributed by atoms with van der Waals surface area (Å²) in [4.78, 5) is 10.2. The fourth-order valence-corrected chi connectivity index (χ4v) is 5.23. The number of rotatable bonds is 8. The number of nitrogens with zero attached hydrogens (tertiary/aromatic N) is 4. The van der Waals surface area contributed by atoms with Crippen LogP contribution in [0.15, 0.2) is 42.9 Å². The number of halogens is 4. The molecule has 1 aliphatic rings. The molecular weight excluding hydrogens is 509 g/mol. The van der Waals surface area contributed by atoms with Gasteiger partial charge in [-0.25, -0.2) is 13.8 Å². The van der Waals surface area contributed by atoms with Gasteiger partial charge in [0, 0.05) is 54.7 Å². The van der Waals surface area contributed by atoms with E-state index >= 15 is 4.39 Å². The fourth-order valence-electron chi connectivity index (χ4n) is 4.56. The van der Waals surface area contributed by atoms with E-state index in [1.54, 1.807) is 6.20 Å². The van der Waals surface area contributed by atoms with Crippen LogP contribution in [0.4, 0.5) is 14.6 Å². The van der Waals surface area contributed by atoms with Gasteiger partial charge in [0.05, 0.1) is 21.1 Å². The molecule has 0 amide bonds. The predicted molar refractivity (Wildman–Crippen MR) is 137 cm³/mol. The maximum absolute atomic E-state index is 15.1. The number of aromatic amines is 1. The van der Waals surface area contributed by atoms with Crippen LogP contribution in [-0.2, 0) is 0 Å². The highest BCUT2D eigenvalue weighted by Crippen LogP contribution is 2.36. The van der Waals surface area contributed by atoms with Gasteiger partial charge in [-0.1, -0.05) is 23.2 Å². The highest BCUT2D eigenvalue weighted by molar-refractivity contribution is 6.35. The van der Waals surface area contributed by atoms with Crippen molar-refractivity contribution in [2.75, 3.05) is 31.2 Å². The first kappa shape index (κ1) is 24.7. The molecule has 3 aromatic heterocycles. The van der Waals surface area contributed by atoms with Crippen molar-refractivity contribution in [3.8, 4) is 17.0 Å². The van der Waals surface area contributed by atoms with Crippen molar-refractivity contribution in [2.24, 2.45) is 0 Å². The summed E-state index contributed by atoms with van der Waals surface area (Å²) in [5.74, 6) is 0.397.